The Morgan fingerprint density at radius 3 is 2.35 bits per heavy atom. The van der Waals surface area contributed by atoms with Crippen LogP contribution in [0.4, 0.5) is 5.69 Å². The second-order valence-electron chi connectivity index (χ2n) is 5.80. The van der Waals surface area contributed by atoms with Crippen molar-refractivity contribution in [3.63, 3.8) is 0 Å². The van der Waals surface area contributed by atoms with Crippen LogP contribution in [0.2, 0.25) is 0 Å². The van der Waals surface area contributed by atoms with Crippen molar-refractivity contribution >= 4 is 36.4 Å². The van der Waals surface area contributed by atoms with Gasteiger partial charge in [-0.05, 0) is 44.5 Å². The van der Waals surface area contributed by atoms with Crippen molar-refractivity contribution in [2.45, 2.75) is 39.0 Å². The molecule has 1 amide bonds. The number of aromatic nitrogens is 1. The molecule has 0 fully saturated rings. The summed E-state index contributed by atoms with van der Waals surface area (Å²) in [4.78, 5) is 16.1. The normalized spacial score (nSPS) is 9.62. The van der Waals surface area contributed by atoms with Crippen LogP contribution in [-0.2, 0) is 4.79 Å². The quantitative estimate of drug-likeness (QED) is 0.589. The first-order valence-corrected chi connectivity index (χ1v) is 8.38. The fourth-order valence-corrected chi connectivity index (χ4v) is 2.25. The number of carbonyl (C=O) groups is 1. The number of halogens is 2. The molecule has 1 aromatic carbocycles. The van der Waals surface area contributed by atoms with Crippen molar-refractivity contribution in [3.05, 3.63) is 48.2 Å². The number of hydrogen-bond acceptors (Lipinski definition) is 4. The molecular weight excluding hydrogens is 373 g/mol. The van der Waals surface area contributed by atoms with Crippen LogP contribution < -0.4 is 15.8 Å². The van der Waals surface area contributed by atoms with E-state index in [4.69, 9.17) is 10.5 Å². The van der Waals surface area contributed by atoms with Crippen molar-refractivity contribution in [3.8, 4) is 11.6 Å². The van der Waals surface area contributed by atoms with Gasteiger partial charge in [-0.25, -0.2) is 4.98 Å². The summed E-state index contributed by atoms with van der Waals surface area (Å²) in [5, 5.41) is 2.85. The molecule has 5 nitrogen and oxygen atoms in total. The Bertz CT molecular complexity index is 634. The number of anilines is 1. The molecule has 0 unspecified atom stereocenters. The lowest BCUT2D eigenvalue weighted by Gasteiger charge is -2.07. The van der Waals surface area contributed by atoms with Gasteiger partial charge in [0.15, 0.2) is 0 Å². The smallest absolute Gasteiger partial charge is 0.224 e. The third-order valence-corrected chi connectivity index (χ3v) is 3.62. The molecule has 0 aliphatic heterocycles. The molecule has 0 spiro atoms. The van der Waals surface area contributed by atoms with Crippen LogP contribution in [-0.4, -0.2) is 17.4 Å². The van der Waals surface area contributed by atoms with Gasteiger partial charge in [0.25, 0.3) is 0 Å². The highest BCUT2D eigenvalue weighted by atomic mass is 35.5. The number of carbonyl (C=O) groups excluding carboxylic acids is 1. The van der Waals surface area contributed by atoms with Gasteiger partial charge in [0, 0.05) is 12.5 Å². The Hall–Kier alpha value is -1.82. The van der Waals surface area contributed by atoms with Crippen molar-refractivity contribution < 1.29 is 9.53 Å². The largest absolute Gasteiger partial charge is 0.439 e. The molecule has 26 heavy (non-hydrogen) atoms. The van der Waals surface area contributed by atoms with Crippen LogP contribution in [0.1, 0.15) is 37.7 Å². The fraction of sp³-hybridized carbons (Fsp3) is 0.368. The number of nitrogens with zero attached hydrogens (tertiary/aromatic N) is 1. The number of nitrogens with one attached hydrogen (secondary N) is 1. The predicted octanol–water partition coefficient (Wildman–Crippen LogP) is 4.87. The average molecular weight is 400 g/mol. The summed E-state index contributed by atoms with van der Waals surface area (Å²) in [7, 11) is 0. The van der Waals surface area contributed by atoms with Crippen LogP contribution in [0, 0.1) is 6.92 Å². The topological polar surface area (TPSA) is 77.2 Å². The maximum atomic E-state index is 11.9. The van der Waals surface area contributed by atoms with Crippen LogP contribution in [0.3, 0.4) is 0 Å². The van der Waals surface area contributed by atoms with E-state index in [0.29, 0.717) is 18.0 Å². The van der Waals surface area contributed by atoms with E-state index in [9.17, 15) is 4.79 Å². The van der Waals surface area contributed by atoms with Gasteiger partial charge >= 0.3 is 0 Å². The molecular formula is C19H27Cl2N3O2. The first-order chi connectivity index (χ1) is 11.7. The second-order valence-corrected chi connectivity index (χ2v) is 5.80. The summed E-state index contributed by atoms with van der Waals surface area (Å²) in [5.41, 5.74) is 7.30. The van der Waals surface area contributed by atoms with E-state index in [1.807, 2.05) is 31.2 Å². The standard InChI is InChI=1S/C19H25N3O2.2ClH/c1-15-7-10-17(11-8-15)24-19-12-9-16(14-21-19)22-18(23)6-4-2-3-5-13-20;;/h7-12,14H,2-6,13,20H2,1H3,(H,22,23);2*1H. The third-order valence-electron chi connectivity index (χ3n) is 3.62. The van der Waals surface area contributed by atoms with Gasteiger partial charge in [-0.3, -0.25) is 4.79 Å². The molecule has 7 heteroatoms. The Morgan fingerprint density at radius 1 is 1.04 bits per heavy atom. The van der Waals surface area contributed by atoms with E-state index in [0.717, 1.165) is 38.0 Å². The second kappa shape index (κ2) is 13.4. The van der Waals surface area contributed by atoms with Gasteiger partial charge in [0.05, 0.1) is 11.9 Å². The number of aryl methyl sites for hydroxylation is 1. The summed E-state index contributed by atoms with van der Waals surface area (Å²) in [6, 6.07) is 11.3. The van der Waals surface area contributed by atoms with E-state index in [1.54, 1.807) is 18.3 Å². The molecule has 3 N–H and O–H groups in total. The van der Waals surface area contributed by atoms with Gasteiger partial charge in [0.2, 0.25) is 11.8 Å². The SMILES string of the molecule is Cc1ccc(Oc2ccc(NC(=O)CCCCCCN)cn2)cc1.Cl.Cl. The zero-order valence-corrected chi connectivity index (χ0v) is 16.6. The number of rotatable bonds is 9. The van der Waals surface area contributed by atoms with E-state index in [1.165, 1.54) is 5.56 Å². The Morgan fingerprint density at radius 2 is 1.73 bits per heavy atom. The Labute approximate surface area is 167 Å². The monoisotopic (exact) mass is 399 g/mol. The summed E-state index contributed by atoms with van der Waals surface area (Å²) >= 11 is 0. The van der Waals surface area contributed by atoms with Crippen molar-refractivity contribution in [1.29, 1.82) is 0 Å². The third kappa shape index (κ3) is 9.04. The molecule has 0 radical (unpaired) electrons. The van der Waals surface area contributed by atoms with Gasteiger partial charge in [-0.1, -0.05) is 30.5 Å². The molecule has 0 aliphatic rings. The molecule has 0 saturated carbocycles. The van der Waals surface area contributed by atoms with Gasteiger partial charge in [-0.2, -0.15) is 0 Å². The average Bonchev–Trinajstić information content (AvgIpc) is 2.58. The number of pyridine rings is 1. The lowest BCUT2D eigenvalue weighted by atomic mass is 10.1. The van der Waals surface area contributed by atoms with E-state index in [2.05, 4.69) is 10.3 Å². The minimum Gasteiger partial charge on any atom is -0.439 e. The predicted molar refractivity (Wildman–Crippen MR) is 111 cm³/mol. The molecule has 1 heterocycles. The summed E-state index contributed by atoms with van der Waals surface area (Å²) in [6.45, 7) is 2.74. The maximum absolute atomic E-state index is 11.9. The van der Waals surface area contributed by atoms with Gasteiger partial charge in [-0.15, -0.1) is 24.8 Å². The van der Waals surface area contributed by atoms with E-state index < -0.39 is 0 Å². The highest BCUT2D eigenvalue weighted by molar-refractivity contribution is 5.90. The fourth-order valence-electron chi connectivity index (χ4n) is 2.25. The Balaban J connectivity index is 0.00000312. The summed E-state index contributed by atoms with van der Waals surface area (Å²) < 4.78 is 5.66. The lowest BCUT2D eigenvalue weighted by molar-refractivity contribution is -0.116. The first-order valence-electron chi connectivity index (χ1n) is 8.38. The van der Waals surface area contributed by atoms with Crippen molar-refractivity contribution in [1.82, 2.24) is 4.98 Å². The van der Waals surface area contributed by atoms with Gasteiger partial charge in [0.1, 0.15) is 5.75 Å². The molecule has 2 rings (SSSR count). The number of hydrogen-bond donors (Lipinski definition) is 2. The molecule has 2 aromatic rings. The van der Waals surface area contributed by atoms with E-state index >= 15 is 0 Å². The maximum Gasteiger partial charge on any atom is 0.224 e. The van der Waals surface area contributed by atoms with Crippen LogP contribution in [0.25, 0.3) is 0 Å². The zero-order valence-electron chi connectivity index (χ0n) is 14.9. The van der Waals surface area contributed by atoms with E-state index in [-0.39, 0.29) is 30.7 Å². The number of benzene rings is 1. The minimum absolute atomic E-state index is 0. The summed E-state index contributed by atoms with van der Waals surface area (Å²) in [5.74, 6) is 1.25. The molecule has 0 bridgehead atoms. The van der Waals surface area contributed by atoms with Crippen molar-refractivity contribution in [2.75, 3.05) is 11.9 Å². The Kier molecular flexibility index (Phi) is 12.5. The molecule has 144 valence electrons. The lowest BCUT2D eigenvalue weighted by Crippen LogP contribution is -2.11. The zero-order chi connectivity index (χ0) is 17.2. The minimum atomic E-state index is 0. The summed E-state index contributed by atoms with van der Waals surface area (Å²) in [6.07, 6.45) is 6.15. The number of ether oxygens (including phenoxy) is 1. The van der Waals surface area contributed by atoms with Crippen LogP contribution in [0.5, 0.6) is 11.6 Å². The number of unbranched alkanes of at least 4 members (excludes halogenated alkanes) is 3. The van der Waals surface area contributed by atoms with Gasteiger partial charge < -0.3 is 15.8 Å². The van der Waals surface area contributed by atoms with Crippen LogP contribution >= 0.6 is 24.8 Å². The first kappa shape index (κ1) is 24.2. The van der Waals surface area contributed by atoms with Crippen LogP contribution in [0.15, 0.2) is 42.6 Å². The highest BCUT2D eigenvalue weighted by Crippen LogP contribution is 2.20. The molecule has 0 aliphatic carbocycles. The number of amides is 1. The number of nitrogens with two attached hydrogens (primary N) is 1. The molecule has 0 saturated heterocycles. The molecule has 1 aromatic heterocycles. The highest BCUT2D eigenvalue weighted by Gasteiger charge is 2.04. The van der Waals surface area contributed by atoms with Crippen molar-refractivity contribution in [2.24, 2.45) is 5.73 Å². The molecule has 0 atom stereocenters.